The lowest BCUT2D eigenvalue weighted by atomic mass is 10.1. The molecule has 0 radical (unpaired) electrons. The van der Waals surface area contributed by atoms with Gasteiger partial charge in [0.05, 0.1) is 13.7 Å². The zero-order valence-corrected chi connectivity index (χ0v) is 7.84. The molecular formula is C10H11NO3. The highest BCUT2D eigenvalue weighted by Crippen LogP contribution is 2.25. The van der Waals surface area contributed by atoms with Gasteiger partial charge < -0.3 is 4.74 Å². The Bertz CT molecular complexity index is 325. The zero-order chi connectivity index (χ0) is 9.97. The van der Waals surface area contributed by atoms with Crippen LogP contribution in [-0.4, -0.2) is 24.8 Å². The molecule has 1 aromatic rings. The van der Waals surface area contributed by atoms with E-state index >= 15 is 0 Å². The number of benzene rings is 1. The smallest absolute Gasteiger partial charge is 0.434 e. The van der Waals surface area contributed by atoms with Crippen molar-refractivity contribution < 1.29 is 14.4 Å². The molecule has 1 aromatic carbocycles. The van der Waals surface area contributed by atoms with Gasteiger partial charge in [0.15, 0.2) is 0 Å². The van der Waals surface area contributed by atoms with Crippen LogP contribution in [0.1, 0.15) is 11.7 Å². The van der Waals surface area contributed by atoms with Crippen LogP contribution in [0, 0.1) is 0 Å². The molecule has 14 heavy (non-hydrogen) atoms. The summed E-state index contributed by atoms with van der Waals surface area (Å²) in [6, 6.07) is 9.61. The molecular weight excluding hydrogens is 182 g/mol. The highest BCUT2D eigenvalue weighted by molar-refractivity contribution is 5.68. The lowest BCUT2D eigenvalue weighted by molar-refractivity contribution is -0.0759. The molecule has 0 saturated carbocycles. The van der Waals surface area contributed by atoms with E-state index in [9.17, 15) is 4.79 Å². The van der Waals surface area contributed by atoms with Gasteiger partial charge in [-0.1, -0.05) is 30.3 Å². The van der Waals surface area contributed by atoms with E-state index in [0.29, 0.717) is 6.54 Å². The largest absolute Gasteiger partial charge is 0.438 e. The van der Waals surface area contributed by atoms with Gasteiger partial charge >= 0.3 is 6.09 Å². The Kier molecular flexibility index (Phi) is 2.37. The number of hydrogen-bond acceptors (Lipinski definition) is 3. The quantitative estimate of drug-likeness (QED) is 0.718. The van der Waals surface area contributed by atoms with Crippen LogP contribution in [0.15, 0.2) is 30.3 Å². The van der Waals surface area contributed by atoms with E-state index in [0.717, 1.165) is 5.56 Å². The third-order valence-electron chi connectivity index (χ3n) is 2.17. The summed E-state index contributed by atoms with van der Waals surface area (Å²) < 4.78 is 5.11. The molecule has 4 heteroatoms. The number of rotatable bonds is 2. The van der Waals surface area contributed by atoms with Gasteiger partial charge in [0.1, 0.15) is 6.10 Å². The summed E-state index contributed by atoms with van der Waals surface area (Å²) in [5.41, 5.74) is 0.986. The molecule has 1 unspecified atom stereocenters. The first-order chi connectivity index (χ1) is 6.81. The maximum Gasteiger partial charge on any atom is 0.434 e. The summed E-state index contributed by atoms with van der Waals surface area (Å²) in [7, 11) is 1.45. The van der Waals surface area contributed by atoms with Gasteiger partial charge in [-0.2, -0.15) is 5.06 Å². The van der Waals surface area contributed by atoms with Crippen molar-refractivity contribution in [3.63, 3.8) is 0 Å². The monoisotopic (exact) mass is 193 g/mol. The molecule has 2 rings (SSSR count). The van der Waals surface area contributed by atoms with Crippen molar-refractivity contribution in [2.24, 2.45) is 0 Å². The predicted octanol–water partition coefficient (Wildman–Crippen LogP) is 1.74. The number of hydroxylamine groups is 2. The van der Waals surface area contributed by atoms with Crippen LogP contribution in [0.25, 0.3) is 0 Å². The molecule has 1 amide bonds. The Labute approximate surface area is 82.0 Å². The Morgan fingerprint density at radius 2 is 2.14 bits per heavy atom. The van der Waals surface area contributed by atoms with E-state index in [1.165, 1.54) is 12.2 Å². The lowest BCUT2D eigenvalue weighted by Crippen LogP contribution is -2.22. The van der Waals surface area contributed by atoms with E-state index in [4.69, 9.17) is 9.57 Å². The first-order valence-electron chi connectivity index (χ1n) is 4.38. The van der Waals surface area contributed by atoms with Crippen molar-refractivity contribution >= 4 is 6.09 Å². The Balaban J connectivity index is 2.13. The van der Waals surface area contributed by atoms with Crippen LogP contribution in [0.4, 0.5) is 4.79 Å². The standard InChI is InChI=1S/C10H11NO3/c1-13-11-7-9(14-10(11)12)8-5-3-2-4-6-8/h2-6,9H,7H2,1H3. The zero-order valence-electron chi connectivity index (χ0n) is 7.84. The molecule has 1 atom stereocenters. The second kappa shape index (κ2) is 3.67. The lowest BCUT2D eigenvalue weighted by Gasteiger charge is -2.08. The van der Waals surface area contributed by atoms with Crippen molar-refractivity contribution in [2.45, 2.75) is 6.10 Å². The van der Waals surface area contributed by atoms with Crippen molar-refractivity contribution in [1.29, 1.82) is 0 Å². The fourth-order valence-corrected chi connectivity index (χ4v) is 1.43. The summed E-state index contributed by atoms with van der Waals surface area (Å²) in [5.74, 6) is 0. The normalized spacial score (nSPS) is 21.1. The van der Waals surface area contributed by atoms with Gasteiger partial charge in [0.25, 0.3) is 0 Å². The molecule has 4 nitrogen and oxygen atoms in total. The first kappa shape index (κ1) is 9.02. The first-order valence-corrected chi connectivity index (χ1v) is 4.38. The van der Waals surface area contributed by atoms with Gasteiger partial charge in [-0.3, -0.25) is 4.84 Å². The minimum absolute atomic E-state index is 0.219. The van der Waals surface area contributed by atoms with Crippen LogP contribution >= 0.6 is 0 Å². The summed E-state index contributed by atoms with van der Waals surface area (Å²) in [6.07, 6.45) is -0.648. The summed E-state index contributed by atoms with van der Waals surface area (Å²) in [6.45, 7) is 0.444. The van der Waals surface area contributed by atoms with Gasteiger partial charge in [0, 0.05) is 0 Å². The van der Waals surface area contributed by atoms with E-state index in [1.54, 1.807) is 0 Å². The Morgan fingerprint density at radius 3 is 2.71 bits per heavy atom. The SMILES string of the molecule is CON1CC(c2ccccc2)OC1=O. The summed E-state index contributed by atoms with van der Waals surface area (Å²) in [4.78, 5) is 16.0. The molecule has 0 spiro atoms. The minimum Gasteiger partial charge on any atom is -0.438 e. The molecule has 1 heterocycles. The third-order valence-corrected chi connectivity index (χ3v) is 2.17. The minimum atomic E-state index is -0.429. The van der Waals surface area contributed by atoms with Crippen LogP contribution in [0.5, 0.6) is 0 Å². The second-order valence-corrected chi connectivity index (χ2v) is 3.03. The average Bonchev–Trinajstić information content (AvgIpc) is 2.61. The molecule has 0 aromatic heterocycles. The van der Waals surface area contributed by atoms with Gasteiger partial charge in [-0.25, -0.2) is 4.79 Å². The average molecular weight is 193 g/mol. The van der Waals surface area contributed by atoms with Crippen molar-refractivity contribution in [2.75, 3.05) is 13.7 Å². The van der Waals surface area contributed by atoms with Gasteiger partial charge in [-0.05, 0) is 5.56 Å². The van der Waals surface area contributed by atoms with Gasteiger partial charge in [0.2, 0.25) is 0 Å². The topological polar surface area (TPSA) is 38.8 Å². The molecule has 1 saturated heterocycles. The number of carbonyl (C=O) groups is 1. The number of carbonyl (C=O) groups excluding carboxylic acids is 1. The van der Waals surface area contributed by atoms with E-state index < -0.39 is 6.09 Å². The maximum absolute atomic E-state index is 11.2. The molecule has 1 aliphatic rings. The second-order valence-electron chi connectivity index (χ2n) is 3.03. The maximum atomic E-state index is 11.2. The van der Waals surface area contributed by atoms with E-state index in [-0.39, 0.29) is 6.10 Å². The van der Waals surface area contributed by atoms with Crippen molar-refractivity contribution in [1.82, 2.24) is 5.06 Å². The third kappa shape index (κ3) is 1.56. The molecule has 0 aliphatic carbocycles. The number of amides is 1. The fraction of sp³-hybridized carbons (Fsp3) is 0.300. The van der Waals surface area contributed by atoms with Crippen LogP contribution in [-0.2, 0) is 9.57 Å². The Morgan fingerprint density at radius 1 is 1.43 bits per heavy atom. The van der Waals surface area contributed by atoms with E-state index in [2.05, 4.69) is 0 Å². The number of nitrogens with zero attached hydrogens (tertiary/aromatic N) is 1. The number of hydrogen-bond donors (Lipinski definition) is 0. The summed E-state index contributed by atoms with van der Waals surface area (Å²) >= 11 is 0. The summed E-state index contributed by atoms with van der Waals surface area (Å²) in [5, 5.41) is 1.21. The van der Waals surface area contributed by atoms with Crippen molar-refractivity contribution in [3.05, 3.63) is 35.9 Å². The fourth-order valence-electron chi connectivity index (χ4n) is 1.43. The number of cyclic esters (lactones) is 1. The van der Waals surface area contributed by atoms with Gasteiger partial charge in [-0.15, -0.1) is 0 Å². The molecule has 1 fully saturated rings. The predicted molar refractivity (Wildman–Crippen MR) is 49.4 cm³/mol. The van der Waals surface area contributed by atoms with Crippen LogP contribution in [0.3, 0.4) is 0 Å². The number of ether oxygens (including phenoxy) is 1. The highest BCUT2D eigenvalue weighted by Gasteiger charge is 2.32. The molecule has 1 aliphatic heterocycles. The molecule has 0 bridgehead atoms. The molecule has 0 N–H and O–H groups in total. The highest BCUT2D eigenvalue weighted by atomic mass is 16.7. The molecule has 74 valence electrons. The Hall–Kier alpha value is -1.55. The van der Waals surface area contributed by atoms with Crippen molar-refractivity contribution in [3.8, 4) is 0 Å². The van der Waals surface area contributed by atoms with Crippen LogP contribution < -0.4 is 0 Å². The van der Waals surface area contributed by atoms with Crippen LogP contribution in [0.2, 0.25) is 0 Å². The van der Waals surface area contributed by atoms with E-state index in [1.807, 2.05) is 30.3 Å².